The second kappa shape index (κ2) is 9.45. The summed E-state index contributed by atoms with van der Waals surface area (Å²) in [4.78, 5) is 27.9. The van der Waals surface area contributed by atoms with Crippen LogP contribution < -0.4 is 10.6 Å². The van der Waals surface area contributed by atoms with Gasteiger partial charge < -0.3 is 15.2 Å². The van der Waals surface area contributed by atoms with Gasteiger partial charge in [0.1, 0.15) is 5.82 Å². The van der Waals surface area contributed by atoms with Crippen molar-refractivity contribution in [1.29, 1.82) is 0 Å². The Morgan fingerprint density at radius 3 is 2.71 bits per heavy atom. The number of hydrogen-bond donors (Lipinski definition) is 2. The Labute approximate surface area is 213 Å². The van der Waals surface area contributed by atoms with Gasteiger partial charge in [0.2, 0.25) is 5.91 Å². The highest BCUT2D eigenvalue weighted by molar-refractivity contribution is 6.33. The monoisotopic (exact) mass is 516 g/mol. The van der Waals surface area contributed by atoms with Crippen LogP contribution in [0.15, 0.2) is 36.4 Å². The van der Waals surface area contributed by atoms with Crippen LogP contribution in [0.25, 0.3) is 10.9 Å². The van der Waals surface area contributed by atoms with Gasteiger partial charge in [0.15, 0.2) is 0 Å². The maximum Gasteiger partial charge on any atom is 0.253 e. The molecule has 5 rings (SSSR count). The molecule has 35 heavy (non-hydrogen) atoms. The number of likely N-dealkylation sites (N-methyl/N-ethyl adjacent to an activating group) is 1. The molecule has 1 aromatic heterocycles. The lowest BCUT2D eigenvalue weighted by Crippen LogP contribution is -2.42. The molecule has 3 aromatic rings. The molecule has 2 amide bonds. The van der Waals surface area contributed by atoms with Gasteiger partial charge in [-0.25, -0.2) is 4.39 Å². The molecule has 2 aromatic carbocycles. The van der Waals surface area contributed by atoms with E-state index >= 15 is 0 Å². The van der Waals surface area contributed by atoms with E-state index in [1.807, 2.05) is 18.2 Å². The molecular formula is C26H27Cl2FN4O2. The summed E-state index contributed by atoms with van der Waals surface area (Å²) in [5, 5.41) is 7.44. The first-order chi connectivity index (χ1) is 16.8. The minimum absolute atomic E-state index is 0.0271. The molecule has 2 aliphatic heterocycles. The molecule has 0 aliphatic carbocycles. The Kier molecular flexibility index (Phi) is 6.51. The second-order valence-corrected chi connectivity index (χ2v) is 10.3. The summed E-state index contributed by atoms with van der Waals surface area (Å²) in [6.07, 6.45) is 3.23. The molecule has 9 heteroatoms. The zero-order valence-electron chi connectivity index (χ0n) is 19.6. The maximum absolute atomic E-state index is 13.5. The number of benzene rings is 2. The lowest BCUT2D eigenvalue weighted by Gasteiger charge is -2.33. The van der Waals surface area contributed by atoms with E-state index in [1.54, 1.807) is 7.05 Å². The topological polar surface area (TPSA) is 66.4 Å². The van der Waals surface area contributed by atoms with E-state index < -0.39 is 17.8 Å². The van der Waals surface area contributed by atoms with E-state index in [4.69, 9.17) is 23.2 Å². The summed E-state index contributed by atoms with van der Waals surface area (Å²) in [6, 6.07) is 9.85. The van der Waals surface area contributed by atoms with Crippen molar-refractivity contribution in [3.05, 3.63) is 69.1 Å². The number of hydrogen-bond acceptors (Lipinski definition) is 3. The van der Waals surface area contributed by atoms with E-state index in [-0.39, 0.29) is 22.9 Å². The Bertz CT molecular complexity index is 1320. The van der Waals surface area contributed by atoms with E-state index in [0.717, 1.165) is 36.2 Å². The third kappa shape index (κ3) is 4.41. The molecule has 3 heterocycles. The van der Waals surface area contributed by atoms with Crippen molar-refractivity contribution < 1.29 is 14.0 Å². The number of carbonyl (C=O) groups is 2. The van der Waals surface area contributed by atoms with Gasteiger partial charge in [-0.1, -0.05) is 23.2 Å². The van der Waals surface area contributed by atoms with Crippen LogP contribution in [-0.4, -0.2) is 47.5 Å². The fraction of sp³-hybridized carbons (Fsp3) is 0.385. The van der Waals surface area contributed by atoms with Crippen molar-refractivity contribution >= 4 is 45.9 Å². The minimum atomic E-state index is -0.517. The van der Waals surface area contributed by atoms with E-state index in [1.165, 1.54) is 23.4 Å². The van der Waals surface area contributed by atoms with Crippen LogP contribution >= 0.6 is 23.2 Å². The van der Waals surface area contributed by atoms with E-state index in [9.17, 15) is 14.0 Å². The van der Waals surface area contributed by atoms with Gasteiger partial charge in [-0.3, -0.25) is 14.5 Å². The molecule has 2 aliphatic rings. The number of nitrogens with one attached hydrogen (secondary N) is 2. The largest absolute Gasteiger partial charge is 0.359 e. The van der Waals surface area contributed by atoms with Gasteiger partial charge >= 0.3 is 0 Å². The highest BCUT2D eigenvalue weighted by Crippen LogP contribution is 2.47. The third-order valence-electron chi connectivity index (χ3n) is 7.40. The predicted molar refractivity (Wildman–Crippen MR) is 136 cm³/mol. The molecule has 0 radical (unpaired) electrons. The second-order valence-electron chi connectivity index (χ2n) is 9.42. The van der Waals surface area contributed by atoms with Gasteiger partial charge in [-0.05, 0) is 61.9 Å². The summed E-state index contributed by atoms with van der Waals surface area (Å²) >= 11 is 12.5. The van der Waals surface area contributed by atoms with Crippen LogP contribution in [0.4, 0.5) is 4.39 Å². The van der Waals surface area contributed by atoms with Crippen molar-refractivity contribution in [2.45, 2.75) is 50.4 Å². The highest BCUT2D eigenvalue weighted by Gasteiger charge is 2.41. The number of carbonyl (C=O) groups excluding carboxylic acids is 2. The minimum Gasteiger partial charge on any atom is -0.359 e. The standard InChI is InChI=1S/C26H27Cl2FN4O2/c1-30-24(34)11-16(31-26(35)18-6-4-15(29)10-20(18)28)13-33-21-7-3-14(27)9-19(21)25-22-8-5-17(32(22)2)12-23(25)33/h3-4,6-7,9-10,16-17,22H,5,8,11-13H2,1-2H3,(H,30,34)(H,31,35). The number of nitrogens with zero attached hydrogens (tertiary/aromatic N) is 2. The number of rotatable bonds is 6. The Hall–Kier alpha value is -2.61. The van der Waals surface area contributed by atoms with Gasteiger partial charge in [-0.15, -0.1) is 0 Å². The van der Waals surface area contributed by atoms with Crippen molar-refractivity contribution in [2.75, 3.05) is 14.1 Å². The first kappa shape index (κ1) is 24.1. The summed E-state index contributed by atoms with van der Waals surface area (Å²) in [5.74, 6) is -1.15. The lowest BCUT2D eigenvalue weighted by molar-refractivity contribution is -0.121. The summed E-state index contributed by atoms with van der Waals surface area (Å²) in [6.45, 7) is 0.411. The van der Waals surface area contributed by atoms with E-state index in [0.29, 0.717) is 23.7 Å². The molecule has 3 unspecified atom stereocenters. The van der Waals surface area contributed by atoms with Gasteiger partial charge in [0, 0.05) is 60.1 Å². The van der Waals surface area contributed by atoms with E-state index in [2.05, 4.69) is 27.1 Å². The molecule has 0 spiro atoms. The van der Waals surface area contributed by atoms with Crippen molar-refractivity contribution in [3.63, 3.8) is 0 Å². The number of halogens is 3. The van der Waals surface area contributed by atoms with Gasteiger partial charge in [-0.2, -0.15) is 0 Å². The lowest BCUT2D eigenvalue weighted by atomic mass is 9.97. The van der Waals surface area contributed by atoms with Crippen LogP contribution in [-0.2, 0) is 17.8 Å². The summed E-state index contributed by atoms with van der Waals surface area (Å²) < 4.78 is 15.7. The van der Waals surface area contributed by atoms with Gasteiger partial charge in [0.25, 0.3) is 5.91 Å². The van der Waals surface area contributed by atoms with Crippen LogP contribution in [0.1, 0.15) is 46.9 Å². The van der Waals surface area contributed by atoms with Crippen LogP contribution in [0, 0.1) is 5.82 Å². The first-order valence-corrected chi connectivity index (χ1v) is 12.5. The number of amides is 2. The van der Waals surface area contributed by atoms with Crippen molar-refractivity contribution in [1.82, 2.24) is 20.1 Å². The highest BCUT2D eigenvalue weighted by atomic mass is 35.5. The molecule has 6 nitrogen and oxygen atoms in total. The zero-order valence-corrected chi connectivity index (χ0v) is 21.1. The molecule has 184 valence electrons. The molecule has 3 atom stereocenters. The quantitative estimate of drug-likeness (QED) is 0.498. The Balaban J connectivity index is 1.53. The van der Waals surface area contributed by atoms with Crippen molar-refractivity contribution in [2.24, 2.45) is 0 Å². The molecular weight excluding hydrogens is 490 g/mol. The maximum atomic E-state index is 13.5. The molecule has 2 N–H and O–H groups in total. The fourth-order valence-electron chi connectivity index (χ4n) is 5.68. The van der Waals surface area contributed by atoms with Gasteiger partial charge in [0.05, 0.1) is 16.6 Å². The molecule has 2 bridgehead atoms. The Morgan fingerprint density at radius 2 is 1.97 bits per heavy atom. The number of aromatic nitrogens is 1. The summed E-state index contributed by atoms with van der Waals surface area (Å²) in [7, 11) is 3.75. The van der Waals surface area contributed by atoms with Crippen molar-refractivity contribution in [3.8, 4) is 0 Å². The molecule has 1 fully saturated rings. The fourth-order valence-corrected chi connectivity index (χ4v) is 6.10. The Morgan fingerprint density at radius 1 is 1.17 bits per heavy atom. The molecule has 0 saturated carbocycles. The number of fused-ring (bicyclic) bond motifs is 6. The average Bonchev–Trinajstić information content (AvgIpc) is 3.22. The average molecular weight is 517 g/mol. The first-order valence-electron chi connectivity index (χ1n) is 11.8. The normalized spacial score (nSPS) is 20.0. The summed E-state index contributed by atoms with van der Waals surface area (Å²) in [5.41, 5.74) is 3.74. The van der Waals surface area contributed by atoms with Crippen LogP contribution in [0.5, 0.6) is 0 Å². The predicted octanol–water partition coefficient (Wildman–Crippen LogP) is 4.71. The smallest absolute Gasteiger partial charge is 0.253 e. The molecule has 1 saturated heterocycles. The zero-order chi connectivity index (χ0) is 24.9. The van der Waals surface area contributed by atoms with Crippen LogP contribution in [0.2, 0.25) is 10.0 Å². The van der Waals surface area contributed by atoms with Crippen LogP contribution in [0.3, 0.4) is 0 Å². The SMILES string of the molecule is CNC(=O)CC(Cn1c2c(c3cc(Cl)ccc31)C1CCC(C2)N1C)NC(=O)c1ccc(F)cc1Cl. The third-order valence-corrected chi connectivity index (χ3v) is 7.95.